The summed E-state index contributed by atoms with van der Waals surface area (Å²) in [4.78, 5) is 0. The van der Waals surface area contributed by atoms with Crippen molar-refractivity contribution in [2.24, 2.45) is 5.73 Å². The Morgan fingerprint density at radius 1 is 1.37 bits per heavy atom. The highest BCUT2D eigenvalue weighted by atomic mass is 32.1. The number of benzene rings is 1. The summed E-state index contributed by atoms with van der Waals surface area (Å²) in [6.45, 7) is 4.60. The molecule has 6 heteroatoms. The summed E-state index contributed by atoms with van der Waals surface area (Å²) in [6.07, 6.45) is 10.7. The summed E-state index contributed by atoms with van der Waals surface area (Å²) >= 11 is 3.94. The zero-order valence-corrected chi connectivity index (χ0v) is 17.1. The van der Waals surface area contributed by atoms with Gasteiger partial charge in [0, 0.05) is 31.3 Å². The highest BCUT2D eigenvalue weighted by Gasteiger charge is 2.10. The van der Waals surface area contributed by atoms with E-state index in [0.717, 1.165) is 30.5 Å². The third kappa shape index (κ3) is 10.4. The van der Waals surface area contributed by atoms with Crippen molar-refractivity contribution in [2.75, 3.05) is 19.6 Å². The molecular formula is C21H33FN4S. The average molecular weight is 393 g/mol. The summed E-state index contributed by atoms with van der Waals surface area (Å²) < 4.78 is 15.6. The van der Waals surface area contributed by atoms with Crippen LogP contribution in [-0.4, -0.2) is 31.4 Å². The second-order valence-corrected chi connectivity index (χ2v) is 6.83. The number of nitrogens with two attached hydrogens (primary N) is 1. The van der Waals surface area contributed by atoms with Crippen LogP contribution in [-0.2, 0) is 6.42 Å². The quantitative estimate of drug-likeness (QED) is 0.252. The summed E-state index contributed by atoms with van der Waals surface area (Å²) in [7, 11) is 0. The van der Waals surface area contributed by atoms with Crippen molar-refractivity contribution < 1.29 is 4.39 Å². The van der Waals surface area contributed by atoms with E-state index >= 15 is 0 Å². The molecule has 1 aromatic carbocycles. The maximum Gasteiger partial charge on any atom is 0.123 e. The highest BCUT2D eigenvalue weighted by molar-refractivity contribution is 7.78. The lowest BCUT2D eigenvalue weighted by atomic mass is 9.99. The molecule has 150 valence electrons. The molecule has 0 amide bonds. The van der Waals surface area contributed by atoms with Crippen molar-refractivity contribution in [3.8, 4) is 0 Å². The normalized spacial score (nSPS) is 17.0. The smallest absolute Gasteiger partial charge is 0.123 e. The summed E-state index contributed by atoms with van der Waals surface area (Å²) in [6, 6.07) is 7.16. The molecule has 2 rings (SSSR count). The minimum atomic E-state index is -0.217. The summed E-state index contributed by atoms with van der Waals surface area (Å²) in [5.41, 5.74) is 8.08. The molecule has 0 saturated carbocycles. The molecule has 0 aromatic heterocycles. The van der Waals surface area contributed by atoms with Crippen LogP contribution in [0.5, 0.6) is 0 Å². The molecule has 1 atom stereocenters. The number of rotatable bonds is 9. The molecule has 0 bridgehead atoms. The lowest BCUT2D eigenvalue weighted by molar-refractivity contribution is 0.616. The molecule has 1 unspecified atom stereocenters. The predicted molar refractivity (Wildman–Crippen MR) is 117 cm³/mol. The van der Waals surface area contributed by atoms with E-state index < -0.39 is 0 Å². The fourth-order valence-corrected chi connectivity index (χ4v) is 2.89. The molecule has 1 aliphatic rings. The first-order valence-electron chi connectivity index (χ1n) is 9.55. The maximum atomic E-state index is 12.9. The zero-order valence-electron chi connectivity index (χ0n) is 16.2. The van der Waals surface area contributed by atoms with Crippen molar-refractivity contribution >= 4 is 18.5 Å². The van der Waals surface area contributed by atoms with E-state index in [0.29, 0.717) is 24.7 Å². The fraction of sp³-hybridized carbons (Fsp3) is 0.476. The molecule has 0 aliphatic carbocycles. The lowest BCUT2D eigenvalue weighted by Crippen LogP contribution is -2.29. The van der Waals surface area contributed by atoms with Gasteiger partial charge < -0.3 is 16.5 Å². The summed E-state index contributed by atoms with van der Waals surface area (Å²) in [5, 5.41) is 11.4. The number of thiol groups is 1. The standard InChI is InChI=1S/C16H21FN2S.C5H12N2/c1-2-3-4-14(16(18)11-12-19-20)8-5-13-6-9-15(17)10-7-13;6-4-5-2-1-3-7-5/h2-4,6-7,9-10,18-20H,5,8,11-12H2,1H3;5,7H,1-4,6H2/b3-2+,14-4-,18-16?;. The second kappa shape index (κ2) is 14.6. The third-order valence-electron chi connectivity index (χ3n) is 4.41. The fourth-order valence-electron chi connectivity index (χ4n) is 2.78. The average Bonchev–Trinajstić information content (AvgIpc) is 3.22. The number of allylic oxidation sites excluding steroid dienone is 4. The highest BCUT2D eigenvalue weighted by Crippen LogP contribution is 2.13. The van der Waals surface area contributed by atoms with Gasteiger partial charge in [-0.1, -0.05) is 43.2 Å². The summed E-state index contributed by atoms with van der Waals surface area (Å²) in [5.74, 6) is -0.217. The van der Waals surface area contributed by atoms with Gasteiger partial charge in [0.25, 0.3) is 0 Å². The molecule has 1 heterocycles. The minimum absolute atomic E-state index is 0.217. The Labute approximate surface area is 168 Å². The third-order valence-corrected chi connectivity index (χ3v) is 4.63. The first-order valence-corrected chi connectivity index (χ1v) is 10.00. The van der Waals surface area contributed by atoms with E-state index in [1.54, 1.807) is 12.1 Å². The number of nitrogens with one attached hydrogen (secondary N) is 3. The Morgan fingerprint density at radius 3 is 2.63 bits per heavy atom. The van der Waals surface area contributed by atoms with Gasteiger partial charge in [0.05, 0.1) is 0 Å². The Balaban J connectivity index is 0.000000433. The topological polar surface area (TPSA) is 73.9 Å². The van der Waals surface area contributed by atoms with Crippen molar-refractivity contribution in [1.82, 2.24) is 10.0 Å². The molecule has 1 saturated heterocycles. The van der Waals surface area contributed by atoms with Crippen molar-refractivity contribution in [3.63, 3.8) is 0 Å². The van der Waals surface area contributed by atoms with Gasteiger partial charge in [-0.3, -0.25) is 4.72 Å². The van der Waals surface area contributed by atoms with Crippen LogP contribution in [0.3, 0.4) is 0 Å². The number of hydrogen-bond acceptors (Lipinski definition) is 5. The molecular weight excluding hydrogens is 359 g/mol. The van der Waals surface area contributed by atoms with Gasteiger partial charge in [0.2, 0.25) is 0 Å². The van der Waals surface area contributed by atoms with Crippen molar-refractivity contribution in [3.05, 3.63) is 59.4 Å². The van der Waals surface area contributed by atoms with Crippen LogP contribution >= 0.6 is 12.8 Å². The number of hydrogen-bond donors (Lipinski definition) is 5. The van der Waals surface area contributed by atoms with E-state index in [2.05, 4.69) is 22.9 Å². The SMILES string of the molecule is C/C=C/C=C(/CCc1ccc(F)cc1)C(=N)CCNS.NCC1CCCN1. The monoisotopic (exact) mass is 392 g/mol. The van der Waals surface area contributed by atoms with Crippen molar-refractivity contribution in [2.45, 2.75) is 45.1 Å². The maximum absolute atomic E-state index is 12.9. The van der Waals surface area contributed by atoms with Gasteiger partial charge in [0.15, 0.2) is 0 Å². The molecule has 0 spiro atoms. The molecule has 0 radical (unpaired) electrons. The van der Waals surface area contributed by atoms with Crippen LogP contribution in [0.2, 0.25) is 0 Å². The second-order valence-electron chi connectivity index (χ2n) is 6.51. The Hall–Kier alpha value is -1.47. The van der Waals surface area contributed by atoms with Crippen LogP contribution < -0.4 is 15.8 Å². The van der Waals surface area contributed by atoms with Crippen LogP contribution in [0.1, 0.15) is 38.2 Å². The van der Waals surface area contributed by atoms with Crippen LogP contribution in [0.25, 0.3) is 0 Å². The first kappa shape index (κ1) is 23.6. The molecule has 27 heavy (non-hydrogen) atoms. The van der Waals surface area contributed by atoms with Gasteiger partial charge in [-0.2, -0.15) is 0 Å². The van der Waals surface area contributed by atoms with Crippen LogP contribution in [0, 0.1) is 11.2 Å². The van der Waals surface area contributed by atoms with E-state index in [4.69, 9.17) is 11.1 Å². The number of halogens is 1. The molecule has 1 aliphatic heterocycles. The van der Waals surface area contributed by atoms with E-state index in [-0.39, 0.29) is 5.82 Å². The predicted octanol–water partition coefficient (Wildman–Crippen LogP) is 3.80. The Bertz CT molecular complexity index is 593. The van der Waals surface area contributed by atoms with Gasteiger partial charge in [-0.05, 0) is 62.4 Å². The molecule has 1 aromatic rings. The molecule has 4 nitrogen and oxygen atoms in total. The minimum Gasteiger partial charge on any atom is -0.329 e. The van der Waals surface area contributed by atoms with E-state index in [9.17, 15) is 4.39 Å². The lowest BCUT2D eigenvalue weighted by Gasteiger charge is -2.09. The van der Waals surface area contributed by atoms with Crippen LogP contribution in [0.15, 0.2) is 48.1 Å². The van der Waals surface area contributed by atoms with Gasteiger partial charge >= 0.3 is 0 Å². The number of aryl methyl sites for hydroxylation is 1. The van der Waals surface area contributed by atoms with Gasteiger partial charge in [0.1, 0.15) is 5.82 Å². The first-order chi connectivity index (χ1) is 13.1. The molecule has 5 N–H and O–H groups in total. The Morgan fingerprint density at radius 2 is 2.11 bits per heavy atom. The van der Waals surface area contributed by atoms with Gasteiger partial charge in [-0.25, -0.2) is 4.39 Å². The van der Waals surface area contributed by atoms with E-state index in [1.165, 1.54) is 31.5 Å². The zero-order chi connectivity index (χ0) is 19.9. The Kier molecular flexibility index (Phi) is 12.7. The van der Waals surface area contributed by atoms with Crippen molar-refractivity contribution in [1.29, 1.82) is 5.41 Å². The largest absolute Gasteiger partial charge is 0.329 e. The molecule has 1 fully saturated rings. The van der Waals surface area contributed by atoms with E-state index in [1.807, 2.05) is 25.2 Å². The van der Waals surface area contributed by atoms with Crippen LogP contribution in [0.4, 0.5) is 4.39 Å². The van der Waals surface area contributed by atoms with Gasteiger partial charge in [-0.15, -0.1) is 0 Å².